The minimum absolute atomic E-state index is 0.126. The van der Waals surface area contributed by atoms with Crippen LogP contribution in [0.3, 0.4) is 0 Å². The maximum Gasteiger partial charge on any atom is 0.411 e. The molecule has 0 N–H and O–H groups in total. The van der Waals surface area contributed by atoms with Crippen molar-refractivity contribution in [2.75, 3.05) is 13.7 Å². The van der Waals surface area contributed by atoms with E-state index in [0.717, 1.165) is 0 Å². The lowest BCUT2D eigenvalue weighted by atomic mass is 10.2. The minimum atomic E-state index is -0.779. The molecule has 0 aromatic carbocycles. The molecule has 0 aliphatic carbocycles. The lowest BCUT2D eigenvalue weighted by molar-refractivity contribution is -0.146. The van der Waals surface area contributed by atoms with E-state index in [0.29, 0.717) is 0 Å². The molecule has 1 amide bonds. The maximum atomic E-state index is 11.9. The zero-order valence-corrected chi connectivity index (χ0v) is 11.5. The summed E-state index contributed by atoms with van der Waals surface area (Å²) < 4.78 is 9.76. The van der Waals surface area contributed by atoms with Gasteiger partial charge in [0.2, 0.25) is 0 Å². The molecule has 0 fully saturated rings. The molecule has 6 nitrogen and oxygen atoms in total. The lowest BCUT2D eigenvalue weighted by Gasteiger charge is -2.29. The Kier molecular flexibility index (Phi) is 6.17. The molecule has 0 rings (SSSR count). The van der Waals surface area contributed by atoms with Gasteiger partial charge in [-0.2, -0.15) is 5.26 Å². The Morgan fingerprint density at radius 3 is 2.33 bits per heavy atom. The van der Waals surface area contributed by atoms with Gasteiger partial charge in [0.1, 0.15) is 11.6 Å². The molecule has 18 heavy (non-hydrogen) atoms. The molecule has 0 aromatic rings. The number of ether oxygens (including phenoxy) is 2. The molecule has 0 heterocycles. The summed E-state index contributed by atoms with van der Waals surface area (Å²) >= 11 is 0. The number of nitrogens with zero attached hydrogens (tertiary/aromatic N) is 2. The van der Waals surface area contributed by atoms with Gasteiger partial charge in [0.15, 0.2) is 0 Å². The summed E-state index contributed by atoms with van der Waals surface area (Å²) in [5, 5.41) is 8.56. The largest absolute Gasteiger partial charge is 0.467 e. The Morgan fingerprint density at radius 2 is 1.94 bits per heavy atom. The van der Waals surface area contributed by atoms with Crippen molar-refractivity contribution in [1.82, 2.24) is 4.90 Å². The molecule has 0 unspecified atom stereocenters. The molecule has 0 saturated carbocycles. The monoisotopic (exact) mass is 256 g/mol. The fourth-order valence-corrected chi connectivity index (χ4v) is 1.23. The van der Waals surface area contributed by atoms with Crippen molar-refractivity contribution >= 4 is 12.1 Å². The highest BCUT2D eigenvalue weighted by Gasteiger charge is 2.30. The fraction of sp³-hybridized carbons (Fsp3) is 0.750. The van der Waals surface area contributed by atoms with Gasteiger partial charge in [-0.1, -0.05) is 0 Å². The third-order valence-electron chi connectivity index (χ3n) is 2.10. The van der Waals surface area contributed by atoms with E-state index in [4.69, 9.17) is 10.00 Å². The van der Waals surface area contributed by atoms with E-state index >= 15 is 0 Å². The number of methoxy groups -OCH3 is 1. The van der Waals surface area contributed by atoms with Crippen LogP contribution >= 0.6 is 0 Å². The summed E-state index contributed by atoms with van der Waals surface area (Å²) in [6, 6.07) is 1.15. The maximum absolute atomic E-state index is 11.9. The van der Waals surface area contributed by atoms with Crippen LogP contribution in [0.4, 0.5) is 4.79 Å². The predicted octanol–water partition coefficient (Wildman–Crippen LogP) is 1.70. The van der Waals surface area contributed by atoms with Gasteiger partial charge in [0, 0.05) is 6.54 Å². The molecule has 6 heteroatoms. The summed E-state index contributed by atoms with van der Waals surface area (Å²) in [4.78, 5) is 24.5. The predicted molar refractivity (Wildman–Crippen MR) is 64.6 cm³/mol. The second kappa shape index (κ2) is 6.84. The molecule has 0 spiro atoms. The highest BCUT2D eigenvalue weighted by Crippen LogP contribution is 2.13. The molecule has 0 bridgehead atoms. The van der Waals surface area contributed by atoms with Crippen molar-refractivity contribution in [3.05, 3.63) is 0 Å². The molecule has 1 atom stereocenters. The number of amides is 1. The van der Waals surface area contributed by atoms with Crippen molar-refractivity contribution in [2.24, 2.45) is 0 Å². The van der Waals surface area contributed by atoms with Gasteiger partial charge in [-0.05, 0) is 27.7 Å². The van der Waals surface area contributed by atoms with Crippen molar-refractivity contribution in [3.8, 4) is 6.07 Å². The van der Waals surface area contributed by atoms with Gasteiger partial charge in [-0.3, -0.25) is 4.90 Å². The second-order valence-corrected chi connectivity index (χ2v) is 4.78. The first kappa shape index (κ1) is 16.2. The number of rotatable bonds is 4. The molecular weight excluding hydrogens is 236 g/mol. The van der Waals surface area contributed by atoms with Gasteiger partial charge in [0.25, 0.3) is 0 Å². The summed E-state index contributed by atoms with van der Waals surface area (Å²) in [5.41, 5.74) is -0.655. The van der Waals surface area contributed by atoms with Crippen LogP contribution in [0.2, 0.25) is 0 Å². The fourth-order valence-electron chi connectivity index (χ4n) is 1.23. The number of carbonyl (C=O) groups is 2. The topological polar surface area (TPSA) is 79.6 Å². The minimum Gasteiger partial charge on any atom is -0.467 e. The first-order chi connectivity index (χ1) is 8.22. The van der Waals surface area contributed by atoms with Crippen LogP contribution in [0.5, 0.6) is 0 Å². The average molecular weight is 256 g/mol. The van der Waals surface area contributed by atoms with E-state index in [-0.39, 0.29) is 13.0 Å². The Bertz CT molecular complexity index is 341. The number of esters is 1. The van der Waals surface area contributed by atoms with Crippen LogP contribution in [0, 0.1) is 11.3 Å². The van der Waals surface area contributed by atoms with E-state index in [1.54, 1.807) is 20.8 Å². The van der Waals surface area contributed by atoms with Crippen LogP contribution < -0.4 is 0 Å². The van der Waals surface area contributed by atoms with Gasteiger partial charge in [-0.25, -0.2) is 9.59 Å². The third-order valence-corrected chi connectivity index (χ3v) is 2.10. The van der Waals surface area contributed by atoms with E-state index in [9.17, 15) is 9.59 Å². The van der Waals surface area contributed by atoms with Crippen LogP contribution in [-0.4, -0.2) is 42.3 Å². The van der Waals surface area contributed by atoms with Gasteiger partial charge < -0.3 is 9.47 Å². The zero-order chi connectivity index (χ0) is 14.3. The molecular formula is C12H20N2O4. The Balaban J connectivity index is 4.83. The number of hydrogen-bond donors (Lipinski definition) is 0. The van der Waals surface area contributed by atoms with Crippen LogP contribution in [-0.2, 0) is 14.3 Å². The first-order valence-corrected chi connectivity index (χ1v) is 5.67. The number of hydrogen-bond acceptors (Lipinski definition) is 5. The van der Waals surface area contributed by atoms with E-state index in [2.05, 4.69) is 4.74 Å². The molecule has 0 aromatic heterocycles. The van der Waals surface area contributed by atoms with E-state index < -0.39 is 23.7 Å². The van der Waals surface area contributed by atoms with E-state index in [1.165, 1.54) is 18.9 Å². The van der Waals surface area contributed by atoms with Crippen molar-refractivity contribution in [3.63, 3.8) is 0 Å². The molecule has 0 radical (unpaired) electrons. The summed E-state index contributed by atoms with van der Waals surface area (Å²) in [6.07, 6.45) is -0.503. The average Bonchev–Trinajstić information content (AvgIpc) is 2.25. The molecule has 0 saturated heterocycles. The lowest BCUT2D eigenvalue weighted by Crippen LogP contribution is -2.46. The standard InChI is InChI=1S/C12H20N2O4/c1-9(10(15)17-5)14(8-6-7-13)11(16)18-12(2,3)4/h9H,6,8H2,1-5H3/t9-/m0/s1. The molecule has 0 aliphatic heterocycles. The zero-order valence-electron chi connectivity index (χ0n) is 11.5. The Labute approximate surface area is 107 Å². The van der Waals surface area contributed by atoms with Gasteiger partial charge >= 0.3 is 12.1 Å². The first-order valence-electron chi connectivity index (χ1n) is 5.67. The van der Waals surface area contributed by atoms with Crippen molar-refractivity contribution in [2.45, 2.75) is 45.8 Å². The van der Waals surface area contributed by atoms with Crippen LogP contribution in [0.25, 0.3) is 0 Å². The second-order valence-electron chi connectivity index (χ2n) is 4.78. The quantitative estimate of drug-likeness (QED) is 0.715. The third kappa shape index (κ3) is 5.53. The summed E-state index contributed by atoms with van der Waals surface area (Å²) in [6.45, 7) is 6.86. The molecule has 0 aliphatic rings. The van der Waals surface area contributed by atoms with Crippen LogP contribution in [0.1, 0.15) is 34.1 Å². The Morgan fingerprint density at radius 1 is 1.39 bits per heavy atom. The normalized spacial score (nSPS) is 12.2. The highest BCUT2D eigenvalue weighted by atomic mass is 16.6. The highest BCUT2D eigenvalue weighted by molar-refractivity contribution is 5.81. The Hall–Kier alpha value is -1.77. The van der Waals surface area contributed by atoms with Crippen molar-refractivity contribution < 1.29 is 19.1 Å². The van der Waals surface area contributed by atoms with Gasteiger partial charge in [0.05, 0.1) is 19.6 Å². The smallest absolute Gasteiger partial charge is 0.411 e. The van der Waals surface area contributed by atoms with Gasteiger partial charge in [-0.15, -0.1) is 0 Å². The van der Waals surface area contributed by atoms with Crippen molar-refractivity contribution in [1.29, 1.82) is 5.26 Å². The molecule has 102 valence electrons. The summed E-state index contributed by atoms with van der Waals surface area (Å²) in [7, 11) is 1.25. The van der Waals surface area contributed by atoms with Crippen LogP contribution in [0.15, 0.2) is 0 Å². The number of carbonyl (C=O) groups excluding carboxylic acids is 2. The number of nitriles is 1. The SMILES string of the molecule is COC(=O)[C@H](C)N(CCC#N)C(=O)OC(C)(C)C. The summed E-state index contributed by atoms with van der Waals surface area (Å²) in [5.74, 6) is -0.543. The van der Waals surface area contributed by atoms with E-state index in [1.807, 2.05) is 6.07 Å².